The molecule has 178 valence electrons. The number of sulfonamides is 1. The van der Waals surface area contributed by atoms with Gasteiger partial charge in [-0.15, -0.1) is 0 Å². The molecule has 0 bridgehead atoms. The van der Waals surface area contributed by atoms with Gasteiger partial charge in [-0.2, -0.15) is 0 Å². The van der Waals surface area contributed by atoms with Gasteiger partial charge in [0.2, 0.25) is 0 Å². The molecule has 1 aliphatic heterocycles. The number of ether oxygens (including phenoxy) is 1. The van der Waals surface area contributed by atoms with Gasteiger partial charge in [0, 0.05) is 43.1 Å². The van der Waals surface area contributed by atoms with Crippen molar-refractivity contribution in [1.82, 2.24) is 4.90 Å². The summed E-state index contributed by atoms with van der Waals surface area (Å²) in [5.74, 6) is 0.502. The van der Waals surface area contributed by atoms with E-state index in [1.54, 1.807) is 36.4 Å². The molecule has 8 heteroatoms. The second-order valence-electron chi connectivity index (χ2n) is 8.21. The highest BCUT2D eigenvalue weighted by Gasteiger charge is 2.23. The van der Waals surface area contributed by atoms with Gasteiger partial charge in [0.15, 0.2) is 0 Å². The molecule has 0 aromatic heterocycles. The number of nitrogens with one attached hydrogen (secondary N) is 1. The molecule has 1 amide bonds. The number of anilines is 2. The molecule has 1 saturated heterocycles. The van der Waals surface area contributed by atoms with E-state index >= 15 is 0 Å². The van der Waals surface area contributed by atoms with Crippen LogP contribution in [0.3, 0.4) is 0 Å². The predicted octanol–water partition coefficient (Wildman–Crippen LogP) is 4.16. The van der Waals surface area contributed by atoms with Gasteiger partial charge in [-0.1, -0.05) is 18.2 Å². The third-order valence-corrected chi connectivity index (χ3v) is 7.14. The Morgan fingerprint density at radius 1 is 0.941 bits per heavy atom. The first-order valence-electron chi connectivity index (χ1n) is 11.3. The third-order valence-electron chi connectivity index (χ3n) is 5.74. The van der Waals surface area contributed by atoms with Crippen LogP contribution in [0.15, 0.2) is 77.7 Å². The van der Waals surface area contributed by atoms with Gasteiger partial charge in [0.05, 0.1) is 11.5 Å². The number of benzene rings is 3. The Morgan fingerprint density at radius 2 is 1.65 bits per heavy atom. The van der Waals surface area contributed by atoms with Crippen LogP contribution in [0.5, 0.6) is 5.75 Å². The molecular weight excluding hydrogens is 450 g/mol. The van der Waals surface area contributed by atoms with E-state index in [1.165, 1.54) is 17.7 Å². The number of aryl methyl sites for hydroxylation is 1. The largest absolute Gasteiger partial charge is 0.494 e. The van der Waals surface area contributed by atoms with Crippen LogP contribution in [-0.2, 0) is 10.0 Å². The molecule has 1 N–H and O–H groups in total. The zero-order valence-corrected chi connectivity index (χ0v) is 20.2. The maximum atomic E-state index is 13.1. The highest BCUT2D eigenvalue weighted by molar-refractivity contribution is 7.92. The first-order valence-corrected chi connectivity index (χ1v) is 12.8. The standard InChI is InChI=1S/C26H29N3O4S/c1-3-33-24-10-12-25(13-11-24)34(31,32)27-22-8-5-7-21(19-22)26(30)29-16-14-28(15-17-29)23-9-4-6-20(2)18-23/h4-13,18-19,27H,3,14-17H2,1-2H3. The number of amides is 1. The first-order chi connectivity index (χ1) is 16.4. The summed E-state index contributed by atoms with van der Waals surface area (Å²) in [5, 5.41) is 0. The smallest absolute Gasteiger partial charge is 0.261 e. The second kappa shape index (κ2) is 10.2. The van der Waals surface area contributed by atoms with Gasteiger partial charge in [0.25, 0.3) is 15.9 Å². The fourth-order valence-corrected chi connectivity index (χ4v) is 5.04. The van der Waals surface area contributed by atoms with Crippen molar-refractivity contribution >= 4 is 27.3 Å². The Bertz CT molecular complexity index is 1250. The zero-order chi connectivity index (χ0) is 24.1. The van der Waals surface area contributed by atoms with Crippen LogP contribution in [0.2, 0.25) is 0 Å². The Hall–Kier alpha value is -3.52. The second-order valence-corrected chi connectivity index (χ2v) is 9.89. The van der Waals surface area contributed by atoms with E-state index in [1.807, 2.05) is 17.9 Å². The zero-order valence-electron chi connectivity index (χ0n) is 19.4. The number of carbonyl (C=O) groups is 1. The molecule has 1 aliphatic rings. The summed E-state index contributed by atoms with van der Waals surface area (Å²) in [6, 6.07) is 21.2. The Balaban J connectivity index is 1.41. The minimum atomic E-state index is -3.79. The maximum Gasteiger partial charge on any atom is 0.261 e. The molecule has 0 atom stereocenters. The van der Waals surface area contributed by atoms with Crippen LogP contribution >= 0.6 is 0 Å². The Labute approximate surface area is 201 Å². The lowest BCUT2D eigenvalue weighted by atomic mass is 10.1. The topological polar surface area (TPSA) is 78.9 Å². The third kappa shape index (κ3) is 5.51. The van der Waals surface area contributed by atoms with Crippen molar-refractivity contribution in [3.05, 3.63) is 83.9 Å². The number of piperazine rings is 1. The molecule has 0 aliphatic carbocycles. The van der Waals surface area contributed by atoms with Crippen LogP contribution in [-0.4, -0.2) is 52.0 Å². The van der Waals surface area contributed by atoms with Crippen LogP contribution < -0.4 is 14.4 Å². The van der Waals surface area contributed by atoms with E-state index in [9.17, 15) is 13.2 Å². The predicted molar refractivity (Wildman–Crippen MR) is 134 cm³/mol. The van der Waals surface area contributed by atoms with Crippen LogP contribution in [0, 0.1) is 6.92 Å². The summed E-state index contributed by atoms with van der Waals surface area (Å²) >= 11 is 0. The fourth-order valence-electron chi connectivity index (χ4n) is 3.99. The molecule has 3 aromatic carbocycles. The highest BCUT2D eigenvalue weighted by atomic mass is 32.2. The summed E-state index contributed by atoms with van der Waals surface area (Å²) < 4.78 is 33.5. The van der Waals surface area contributed by atoms with Crippen molar-refractivity contribution in [2.75, 3.05) is 42.4 Å². The van der Waals surface area contributed by atoms with E-state index < -0.39 is 10.0 Å². The van der Waals surface area contributed by atoms with Crippen molar-refractivity contribution in [3.8, 4) is 5.75 Å². The molecule has 0 radical (unpaired) electrons. The van der Waals surface area contributed by atoms with Gasteiger partial charge in [0.1, 0.15) is 5.75 Å². The first kappa shape index (κ1) is 23.6. The summed E-state index contributed by atoms with van der Waals surface area (Å²) in [5.41, 5.74) is 3.17. The minimum absolute atomic E-state index is 0.106. The normalized spacial score (nSPS) is 14.1. The number of hydrogen-bond donors (Lipinski definition) is 1. The van der Waals surface area contributed by atoms with Gasteiger partial charge in [-0.25, -0.2) is 8.42 Å². The molecular formula is C26H29N3O4S. The van der Waals surface area contributed by atoms with Gasteiger partial charge in [-0.3, -0.25) is 9.52 Å². The van der Waals surface area contributed by atoms with E-state index in [0.717, 1.165) is 18.8 Å². The van der Waals surface area contributed by atoms with Gasteiger partial charge in [-0.05, 0) is 74.0 Å². The van der Waals surface area contributed by atoms with Gasteiger partial charge < -0.3 is 14.5 Å². The lowest BCUT2D eigenvalue weighted by Gasteiger charge is -2.36. The lowest BCUT2D eigenvalue weighted by molar-refractivity contribution is 0.0747. The molecule has 34 heavy (non-hydrogen) atoms. The van der Waals surface area contributed by atoms with Crippen molar-refractivity contribution in [3.63, 3.8) is 0 Å². The molecule has 1 fully saturated rings. The van der Waals surface area contributed by atoms with E-state index in [4.69, 9.17) is 4.74 Å². The maximum absolute atomic E-state index is 13.1. The van der Waals surface area contributed by atoms with Crippen molar-refractivity contribution < 1.29 is 17.9 Å². The molecule has 1 heterocycles. The van der Waals surface area contributed by atoms with Crippen molar-refractivity contribution in [1.29, 1.82) is 0 Å². The summed E-state index contributed by atoms with van der Waals surface area (Å²) in [6.07, 6.45) is 0. The summed E-state index contributed by atoms with van der Waals surface area (Å²) in [4.78, 5) is 17.3. The molecule has 0 spiro atoms. The Morgan fingerprint density at radius 3 is 2.32 bits per heavy atom. The van der Waals surface area contributed by atoms with Gasteiger partial charge >= 0.3 is 0 Å². The number of nitrogens with zero attached hydrogens (tertiary/aromatic N) is 2. The monoisotopic (exact) mass is 479 g/mol. The SMILES string of the molecule is CCOc1ccc(S(=O)(=O)Nc2cccc(C(=O)N3CCN(c4cccc(C)c4)CC3)c2)cc1. The molecule has 3 aromatic rings. The van der Waals surface area contributed by atoms with Crippen LogP contribution in [0.4, 0.5) is 11.4 Å². The molecule has 0 unspecified atom stereocenters. The summed E-state index contributed by atoms with van der Waals surface area (Å²) in [6.45, 7) is 7.15. The van der Waals surface area contributed by atoms with Crippen molar-refractivity contribution in [2.24, 2.45) is 0 Å². The number of hydrogen-bond acceptors (Lipinski definition) is 5. The minimum Gasteiger partial charge on any atom is -0.494 e. The molecule has 4 rings (SSSR count). The average Bonchev–Trinajstić information content (AvgIpc) is 2.84. The van der Waals surface area contributed by atoms with E-state index in [0.29, 0.717) is 36.7 Å². The fraction of sp³-hybridized carbons (Fsp3) is 0.269. The van der Waals surface area contributed by atoms with E-state index in [2.05, 4.69) is 34.7 Å². The van der Waals surface area contributed by atoms with Crippen LogP contribution in [0.25, 0.3) is 0 Å². The number of rotatable bonds is 7. The molecule has 7 nitrogen and oxygen atoms in total. The average molecular weight is 480 g/mol. The quantitative estimate of drug-likeness (QED) is 0.551. The Kier molecular flexibility index (Phi) is 7.07. The lowest BCUT2D eigenvalue weighted by Crippen LogP contribution is -2.48. The van der Waals surface area contributed by atoms with Crippen molar-refractivity contribution in [2.45, 2.75) is 18.7 Å². The van der Waals surface area contributed by atoms with E-state index in [-0.39, 0.29) is 10.8 Å². The van der Waals surface area contributed by atoms with Crippen LogP contribution in [0.1, 0.15) is 22.8 Å². The number of carbonyl (C=O) groups excluding carboxylic acids is 1. The summed E-state index contributed by atoms with van der Waals surface area (Å²) in [7, 11) is -3.79. The highest BCUT2D eigenvalue weighted by Crippen LogP contribution is 2.22. The molecule has 0 saturated carbocycles.